The van der Waals surface area contributed by atoms with Gasteiger partial charge >= 0.3 is 0 Å². The Balaban J connectivity index is 1.91. The summed E-state index contributed by atoms with van der Waals surface area (Å²) in [6.07, 6.45) is 1.74. The number of nitrogens with zero attached hydrogens (tertiary/aromatic N) is 1. The molecule has 0 atom stereocenters. The van der Waals surface area contributed by atoms with Gasteiger partial charge in [-0.15, -0.1) is 0 Å². The van der Waals surface area contributed by atoms with E-state index in [1.807, 2.05) is 0 Å². The van der Waals surface area contributed by atoms with Crippen LogP contribution in [0.3, 0.4) is 0 Å². The van der Waals surface area contributed by atoms with Crippen LogP contribution in [0.1, 0.15) is 25.7 Å². The van der Waals surface area contributed by atoms with Crippen molar-refractivity contribution in [1.29, 1.82) is 0 Å². The van der Waals surface area contributed by atoms with Gasteiger partial charge in [0.05, 0.1) is 0 Å². The highest BCUT2D eigenvalue weighted by Crippen LogP contribution is 2.50. The summed E-state index contributed by atoms with van der Waals surface area (Å²) >= 11 is 0. The van der Waals surface area contributed by atoms with Crippen molar-refractivity contribution in [2.75, 3.05) is 20.1 Å². The maximum Gasteiger partial charge on any atom is 0.251 e. The second kappa shape index (κ2) is 3.14. The highest BCUT2D eigenvalue weighted by Gasteiger charge is 2.57. The molecular weight excluding hydrogens is 186 g/mol. The predicted molar refractivity (Wildman–Crippen MR) is 51.3 cm³/mol. The lowest BCUT2D eigenvalue weighted by Gasteiger charge is -2.51. The van der Waals surface area contributed by atoms with E-state index in [1.54, 1.807) is 0 Å². The van der Waals surface area contributed by atoms with Crippen LogP contribution < -0.4 is 5.73 Å². The summed E-state index contributed by atoms with van der Waals surface area (Å²) in [5.41, 5.74) is 5.44. The van der Waals surface area contributed by atoms with Crippen molar-refractivity contribution in [1.82, 2.24) is 4.90 Å². The molecule has 1 saturated heterocycles. The van der Waals surface area contributed by atoms with E-state index < -0.39 is 11.5 Å². The summed E-state index contributed by atoms with van der Waals surface area (Å²) in [4.78, 5) is 2.23. The van der Waals surface area contributed by atoms with Crippen LogP contribution in [-0.2, 0) is 0 Å². The molecule has 2 rings (SSSR count). The standard InChI is InChI=1S/C10H18F2N2/c1-14-4-2-8(3-5-14)9(13)6-10(11,12)7-9/h8H,2-7,13H2,1H3. The van der Waals surface area contributed by atoms with Crippen LogP contribution in [0.4, 0.5) is 8.78 Å². The number of rotatable bonds is 1. The first-order valence-electron chi connectivity index (χ1n) is 5.27. The average Bonchev–Trinajstić information content (AvgIpc) is 2.01. The number of likely N-dealkylation sites (tertiary alicyclic amines) is 1. The summed E-state index contributed by atoms with van der Waals surface area (Å²) < 4.78 is 25.5. The molecule has 1 heterocycles. The van der Waals surface area contributed by atoms with Gasteiger partial charge in [0.1, 0.15) is 0 Å². The van der Waals surface area contributed by atoms with Crippen molar-refractivity contribution in [3.63, 3.8) is 0 Å². The van der Waals surface area contributed by atoms with Crippen molar-refractivity contribution < 1.29 is 8.78 Å². The lowest BCUT2D eigenvalue weighted by molar-refractivity contribution is -0.144. The van der Waals surface area contributed by atoms with E-state index in [0.29, 0.717) is 5.92 Å². The van der Waals surface area contributed by atoms with E-state index in [1.165, 1.54) is 0 Å². The van der Waals surface area contributed by atoms with Gasteiger partial charge in [-0.05, 0) is 38.9 Å². The van der Waals surface area contributed by atoms with E-state index in [-0.39, 0.29) is 12.8 Å². The first kappa shape index (κ1) is 10.3. The van der Waals surface area contributed by atoms with Crippen LogP contribution >= 0.6 is 0 Å². The number of alkyl halides is 2. The highest BCUT2D eigenvalue weighted by atomic mass is 19.3. The van der Waals surface area contributed by atoms with Crippen LogP contribution in [0.2, 0.25) is 0 Å². The molecule has 0 spiro atoms. The van der Waals surface area contributed by atoms with E-state index in [4.69, 9.17) is 5.73 Å². The van der Waals surface area contributed by atoms with Gasteiger partial charge in [0.2, 0.25) is 0 Å². The van der Waals surface area contributed by atoms with Gasteiger partial charge in [-0.2, -0.15) is 0 Å². The predicted octanol–water partition coefficient (Wildman–Crippen LogP) is 1.45. The van der Waals surface area contributed by atoms with Gasteiger partial charge in [0.25, 0.3) is 5.92 Å². The summed E-state index contributed by atoms with van der Waals surface area (Å²) in [7, 11) is 2.06. The minimum absolute atomic E-state index is 0.103. The van der Waals surface area contributed by atoms with Gasteiger partial charge in [-0.25, -0.2) is 8.78 Å². The van der Waals surface area contributed by atoms with Crippen molar-refractivity contribution in [2.45, 2.75) is 37.1 Å². The fraction of sp³-hybridized carbons (Fsp3) is 1.00. The van der Waals surface area contributed by atoms with E-state index in [9.17, 15) is 8.78 Å². The quantitative estimate of drug-likeness (QED) is 0.700. The number of hydrogen-bond donors (Lipinski definition) is 1. The highest BCUT2D eigenvalue weighted by molar-refractivity contribution is 5.07. The molecule has 4 heteroatoms. The molecule has 2 nitrogen and oxygen atoms in total. The summed E-state index contributed by atoms with van der Waals surface area (Å²) in [5.74, 6) is -2.18. The Morgan fingerprint density at radius 3 is 2.14 bits per heavy atom. The second-order valence-corrected chi connectivity index (χ2v) is 5.02. The lowest BCUT2D eigenvalue weighted by Crippen LogP contribution is -2.63. The van der Waals surface area contributed by atoms with E-state index in [2.05, 4.69) is 11.9 Å². The summed E-state index contributed by atoms with van der Waals surface area (Å²) in [6.45, 7) is 1.99. The molecule has 14 heavy (non-hydrogen) atoms. The largest absolute Gasteiger partial charge is 0.324 e. The molecule has 0 aromatic carbocycles. The number of nitrogens with two attached hydrogens (primary N) is 1. The number of hydrogen-bond acceptors (Lipinski definition) is 2. The zero-order valence-electron chi connectivity index (χ0n) is 8.60. The summed E-state index contributed by atoms with van der Waals surface area (Å²) in [5, 5.41) is 0. The molecule has 82 valence electrons. The van der Waals surface area contributed by atoms with Crippen molar-refractivity contribution in [3.05, 3.63) is 0 Å². The van der Waals surface area contributed by atoms with Gasteiger partial charge in [0, 0.05) is 18.4 Å². The third kappa shape index (κ3) is 1.77. The molecule has 0 bridgehead atoms. The molecule has 2 N–H and O–H groups in total. The van der Waals surface area contributed by atoms with Gasteiger partial charge in [-0.3, -0.25) is 0 Å². The average molecular weight is 204 g/mol. The van der Waals surface area contributed by atoms with Crippen LogP contribution in [0.25, 0.3) is 0 Å². The Hall–Kier alpha value is -0.220. The fourth-order valence-corrected chi connectivity index (χ4v) is 2.78. The SMILES string of the molecule is CN1CCC(C2(N)CC(F)(F)C2)CC1. The minimum Gasteiger partial charge on any atom is -0.324 e. The topological polar surface area (TPSA) is 29.3 Å². The van der Waals surface area contributed by atoms with Crippen molar-refractivity contribution in [2.24, 2.45) is 11.7 Å². The van der Waals surface area contributed by atoms with Gasteiger partial charge in [0.15, 0.2) is 0 Å². The first-order chi connectivity index (χ1) is 6.41. The molecule has 0 amide bonds. The van der Waals surface area contributed by atoms with Gasteiger partial charge < -0.3 is 10.6 Å². The molecule has 2 fully saturated rings. The maximum atomic E-state index is 12.8. The van der Waals surface area contributed by atoms with E-state index in [0.717, 1.165) is 25.9 Å². The fourth-order valence-electron chi connectivity index (χ4n) is 2.78. The third-order valence-electron chi connectivity index (χ3n) is 3.71. The Bertz CT molecular complexity index is 214. The lowest BCUT2D eigenvalue weighted by atomic mass is 9.63. The minimum atomic E-state index is -2.49. The normalized spacial score (nSPS) is 32.6. The molecule has 0 unspecified atom stereocenters. The molecule has 0 aromatic heterocycles. The molecule has 2 aliphatic rings. The molecule has 1 aliphatic heterocycles. The van der Waals surface area contributed by atoms with Crippen LogP contribution in [0.15, 0.2) is 0 Å². The molecule has 1 saturated carbocycles. The molecule has 0 radical (unpaired) electrons. The van der Waals surface area contributed by atoms with Crippen molar-refractivity contribution >= 4 is 0 Å². The Labute approximate surface area is 83.4 Å². The monoisotopic (exact) mass is 204 g/mol. The van der Waals surface area contributed by atoms with Crippen LogP contribution in [0, 0.1) is 5.92 Å². The zero-order chi connectivity index (χ0) is 10.4. The first-order valence-corrected chi connectivity index (χ1v) is 5.27. The number of piperidine rings is 1. The number of halogens is 2. The molecule has 1 aliphatic carbocycles. The smallest absolute Gasteiger partial charge is 0.251 e. The Kier molecular flexibility index (Phi) is 2.31. The Morgan fingerprint density at radius 1 is 1.21 bits per heavy atom. The molecular formula is C10H18F2N2. The van der Waals surface area contributed by atoms with Crippen LogP contribution in [0.5, 0.6) is 0 Å². The maximum absolute atomic E-state index is 12.8. The molecule has 0 aromatic rings. The van der Waals surface area contributed by atoms with E-state index >= 15 is 0 Å². The summed E-state index contributed by atoms with van der Waals surface area (Å²) in [6, 6.07) is 0. The van der Waals surface area contributed by atoms with Gasteiger partial charge in [-0.1, -0.05) is 0 Å². The third-order valence-corrected chi connectivity index (χ3v) is 3.71. The Morgan fingerprint density at radius 2 is 1.71 bits per heavy atom. The van der Waals surface area contributed by atoms with Crippen LogP contribution in [-0.4, -0.2) is 36.5 Å². The second-order valence-electron chi connectivity index (χ2n) is 5.02. The zero-order valence-corrected chi connectivity index (χ0v) is 8.60. The van der Waals surface area contributed by atoms with Crippen molar-refractivity contribution in [3.8, 4) is 0 Å².